The van der Waals surface area contributed by atoms with E-state index in [-0.39, 0.29) is 0 Å². The lowest BCUT2D eigenvalue weighted by Crippen LogP contribution is -2.24. The summed E-state index contributed by atoms with van der Waals surface area (Å²) in [4.78, 5) is 0.443. The van der Waals surface area contributed by atoms with Gasteiger partial charge in [0.2, 0.25) is 0 Å². The number of thiocarbonyl (C=S) groups is 1. The van der Waals surface area contributed by atoms with Gasteiger partial charge >= 0.3 is 0 Å². The summed E-state index contributed by atoms with van der Waals surface area (Å²) in [7, 11) is 1.71. The number of hydrogen-bond acceptors (Lipinski definition) is 3. The molecular formula is C13H20N2OS. The third-order valence-electron chi connectivity index (χ3n) is 2.72. The molecule has 0 spiro atoms. The Morgan fingerprint density at radius 1 is 1.53 bits per heavy atom. The number of rotatable bonds is 6. The molecule has 0 aromatic heterocycles. The second-order valence-electron chi connectivity index (χ2n) is 4.10. The average Bonchev–Trinajstić information content (AvgIpc) is 2.28. The molecule has 0 aliphatic heterocycles. The van der Waals surface area contributed by atoms with E-state index in [1.54, 1.807) is 7.11 Å². The molecule has 0 bridgehead atoms. The predicted octanol–water partition coefficient (Wildman–Crippen LogP) is 2.47. The molecule has 3 N–H and O–H groups in total. The van der Waals surface area contributed by atoms with Crippen LogP contribution in [0.15, 0.2) is 18.2 Å². The van der Waals surface area contributed by atoms with Gasteiger partial charge in [-0.05, 0) is 37.1 Å². The van der Waals surface area contributed by atoms with Crippen molar-refractivity contribution >= 4 is 22.9 Å². The molecule has 94 valence electrons. The first-order chi connectivity index (χ1) is 8.08. The summed E-state index contributed by atoms with van der Waals surface area (Å²) in [5.74, 6) is 0. The van der Waals surface area contributed by atoms with Gasteiger partial charge in [-0.15, -0.1) is 0 Å². The molecule has 1 atom stereocenters. The summed E-state index contributed by atoms with van der Waals surface area (Å²) in [6.45, 7) is 4.84. The Kier molecular flexibility index (Phi) is 5.38. The van der Waals surface area contributed by atoms with E-state index in [4.69, 9.17) is 22.7 Å². The van der Waals surface area contributed by atoms with Gasteiger partial charge in [0.1, 0.15) is 4.99 Å². The lowest BCUT2D eigenvalue weighted by molar-refractivity contribution is 0.184. The highest BCUT2D eigenvalue weighted by atomic mass is 32.1. The molecule has 1 rings (SSSR count). The zero-order chi connectivity index (χ0) is 12.8. The minimum atomic E-state index is 0.329. The van der Waals surface area contributed by atoms with Crippen LogP contribution in [-0.2, 0) is 4.74 Å². The highest BCUT2D eigenvalue weighted by Gasteiger charge is 2.07. The molecule has 0 heterocycles. The molecule has 0 aliphatic carbocycles. The Bertz CT molecular complexity index is 393. The minimum absolute atomic E-state index is 0.329. The Morgan fingerprint density at radius 3 is 2.71 bits per heavy atom. The van der Waals surface area contributed by atoms with Crippen LogP contribution in [0.4, 0.5) is 5.69 Å². The van der Waals surface area contributed by atoms with Crippen molar-refractivity contribution in [1.82, 2.24) is 0 Å². The quantitative estimate of drug-likeness (QED) is 0.764. The number of nitrogens with two attached hydrogens (primary N) is 1. The van der Waals surface area contributed by atoms with Crippen LogP contribution in [0.2, 0.25) is 0 Å². The molecular weight excluding hydrogens is 232 g/mol. The van der Waals surface area contributed by atoms with Crippen molar-refractivity contribution < 1.29 is 4.74 Å². The van der Waals surface area contributed by atoms with Crippen molar-refractivity contribution in [3.05, 3.63) is 29.3 Å². The zero-order valence-corrected chi connectivity index (χ0v) is 11.4. The second-order valence-corrected chi connectivity index (χ2v) is 4.54. The highest BCUT2D eigenvalue weighted by molar-refractivity contribution is 7.80. The van der Waals surface area contributed by atoms with Gasteiger partial charge in [-0.3, -0.25) is 0 Å². The number of aryl methyl sites for hydroxylation is 1. The van der Waals surface area contributed by atoms with Gasteiger partial charge in [0.05, 0.1) is 6.61 Å². The standard InChI is InChI=1S/C13H20N2OS/c1-4-10(8-16-3)15-11-5-6-12(13(14)17)9(2)7-11/h5-7,10,15H,4,8H2,1-3H3,(H2,14,17). The van der Waals surface area contributed by atoms with Gasteiger partial charge in [-0.1, -0.05) is 19.1 Å². The van der Waals surface area contributed by atoms with Gasteiger partial charge in [0.15, 0.2) is 0 Å². The van der Waals surface area contributed by atoms with E-state index in [2.05, 4.69) is 18.3 Å². The maximum absolute atomic E-state index is 5.63. The summed E-state index contributed by atoms with van der Waals surface area (Å²) in [6.07, 6.45) is 1.02. The van der Waals surface area contributed by atoms with Crippen molar-refractivity contribution in [3.63, 3.8) is 0 Å². The molecule has 1 aromatic rings. The van der Waals surface area contributed by atoms with Gasteiger partial charge in [-0.25, -0.2) is 0 Å². The first-order valence-electron chi connectivity index (χ1n) is 5.74. The van der Waals surface area contributed by atoms with Crippen molar-refractivity contribution in [2.75, 3.05) is 19.0 Å². The van der Waals surface area contributed by atoms with Crippen molar-refractivity contribution in [1.29, 1.82) is 0 Å². The van der Waals surface area contributed by atoms with Gasteiger partial charge in [0, 0.05) is 24.4 Å². The average molecular weight is 252 g/mol. The van der Waals surface area contributed by atoms with E-state index in [1.807, 2.05) is 19.1 Å². The van der Waals surface area contributed by atoms with Crippen LogP contribution in [0.3, 0.4) is 0 Å². The fourth-order valence-electron chi connectivity index (χ4n) is 1.73. The van der Waals surface area contributed by atoms with E-state index in [1.165, 1.54) is 0 Å². The number of hydrogen-bond donors (Lipinski definition) is 2. The lowest BCUT2D eigenvalue weighted by atomic mass is 10.1. The predicted molar refractivity (Wildman–Crippen MR) is 76.6 cm³/mol. The van der Waals surface area contributed by atoms with Crippen LogP contribution >= 0.6 is 12.2 Å². The maximum atomic E-state index is 5.63. The van der Waals surface area contributed by atoms with E-state index in [0.29, 0.717) is 17.6 Å². The second kappa shape index (κ2) is 6.57. The van der Waals surface area contributed by atoms with Crippen molar-refractivity contribution in [2.24, 2.45) is 5.73 Å². The van der Waals surface area contributed by atoms with Crippen molar-refractivity contribution in [3.8, 4) is 0 Å². The Hall–Kier alpha value is -1.13. The number of methoxy groups -OCH3 is 1. The summed E-state index contributed by atoms with van der Waals surface area (Å²) >= 11 is 4.98. The van der Waals surface area contributed by atoms with Crippen LogP contribution in [-0.4, -0.2) is 24.7 Å². The summed E-state index contributed by atoms with van der Waals surface area (Å²) < 4.78 is 5.16. The van der Waals surface area contributed by atoms with E-state index >= 15 is 0 Å². The normalized spacial score (nSPS) is 12.2. The van der Waals surface area contributed by atoms with Crippen LogP contribution in [0, 0.1) is 6.92 Å². The molecule has 3 nitrogen and oxygen atoms in total. The van der Waals surface area contributed by atoms with Crippen LogP contribution in [0.25, 0.3) is 0 Å². The Balaban J connectivity index is 2.79. The topological polar surface area (TPSA) is 47.3 Å². The molecule has 17 heavy (non-hydrogen) atoms. The molecule has 0 saturated heterocycles. The Labute approximate surface area is 108 Å². The first kappa shape index (κ1) is 13.9. The minimum Gasteiger partial charge on any atom is -0.389 e. The van der Waals surface area contributed by atoms with Gasteiger partial charge in [-0.2, -0.15) is 0 Å². The fraction of sp³-hybridized carbons (Fsp3) is 0.462. The molecule has 1 unspecified atom stereocenters. The molecule has 4 heteroatoms. The van der Waals surface area contributed by atoms with Crippen LogP contribution in [0.5, 0.6) is 0 Å². The smallest absolute Gasteiger partial charge is 0.104 e. The first-order valence-corrected chi connectivity index (χ1v) is 6.15. The van der Waals surface area contributed by atoms with Crippen molar-refractivity contribution in [2.45, 2.75) is 26.3 Å². The van der Waals surface area contributed by atoms with E-state index in [0.717, 1.165) is 23.2 Å². The lowest BCUT2D eigenvalue weighted by Gasteiger charge is -2.18. The molecule has 0 fully saturated rings. The molecule has 0 amide bonds. The third-order valence-corrected chi connectivity index (χ3v) is 2.94. The van der Waals surface area contributed by atoms with Gasteiger partial charge in [0.25, 0.3) is 0 Å². The zero-order valence-electron chi connectivity index (χ0n) is 10.6. The number of anilines is 1. The molecule has 0 aliphatic rings. The summed E-state index contributed by atoms with van der Waals surface area (Å²) in [5.41, 5.74) is 8.73. The number of ether oxygens (including phenoxy) is 1. The van der Waals surface area contributed by atoms with Crippen LogP contribution < -0.4 is 11.1 Å². The molecule has 0 radical (unpaired) electrons. The Morgan fingerprint density at radius 2 is 2.24 bits per heavy atom. The van der Waals surface area contributed by atoms with Crippen LogP contribution in [0.1, 0.15) is 24.5 Å². The third kappa shape index (κ3) is 3.98. The molecule has 0 saturated carbocycles. The highest BCUT2D eigenvalue weighted by Crippen LogP contribution is 2.16. The maximum Gasteiger partial charge on any atom is 0.104 e. The fourth-order valence-corrected chi connectivity index (χ4v) is 1.96. The van der Waals surface area contributed by atoms with E-state index in [9.17, 15) is 0 Å². The largest absolute Gasteiger partial charge is 0.389 e. The van der Waals surface area contributed by atoms with E-state index < -0.39 is 0 Å². The molecule has 1 aromatic carbocycles. The monoisotopic (exact) mass is 252 g/mol. The SMILES string of the molecule is CCC(COC)Nc1ccc(C(N)=S)c(C)c1. The van der Waals surface area contributed by atoms with Gasteiger partial charge < -0.3 is 15.8 Å². The summed E-state index contributed by atoms with van der Waals surface area (Å²) in [6, 6.07) is 6.35. The number of nitrogens with one attached hydrogen (secondary N) is 1. The summed E-state index contributed by atoms with van der Waals surface area (Å²) in [5, 5.41) is 3.43. The number of benzene rings is 1.